The third kappa shape index (κ3) is 3.37. The van der Waals surface area contributed by atoms with Crippen molar-refractivity contribution in [2.75, 3.05) is 7.11 Å². The molecule has 0 aliphatic heterocycles. The molecule has 0 spiro atoms. The molecule has 4 heteroatoms. The van der Waals surface area contributed by atoms with Gasteiger partial charge >= 0.3 is 5.97 Å². The van der Waals surface area contributed by atoms with Crippen molar-refractivity contribution in [2.24, 2.45) is 0 Å². The molecule has 126 valence electrons. The van der Waals surface area contributed by atoms with E-state index in [1.807, 2.05) is 6.07 Å². The minimum Gasteiger partial charge on any atom is -0.504 e. The summed E-state index contributed by atoms with van der Waals surface area (Å²) in [6.07, 6.45) is 4.86. The van der Waals surface area contributed by atoms with Crippen LogP contribution in [0.2, 0.25) is 0 Å². The number of phenols is 1. The Kier molecular flexibility index (Phi) is 4.74. The van der Waals surface area contributed by atoms with Crippen LogP contribution in [-0.4, -0.2) is 23.3 Å². The molecule has 2 aromatic rings. The number of hydrogen-bond acceptors (Lipinski definition) is 3. The number of aryl methyl sites for hydroxylation is 2. The smallest absolute Gasteiger partial charge is 0.311 e. The topological polar surface area (TPSA) is 66.8 Å². The average molecular weight is 326 g/mol. The van der Waals surface area contributed by atoms with E-state index in [1.165, 1.54) is 31.1 Å². The Balaban J connectivity index is 1.89. The summed E-state index contributed by atoms with van der Waals surface area (Å²) < 4.78 is 5.11. The number of hydrogen-bond donors (Lipinski definition) is 2. The van der Waals surface area contributed by atoms with E-state index in [0.29, 0.717) is 12.2 Å². The van der Waals surface area contributed by atoms with Crippen LogP contribution in [0.1, 0.15) is 41.0 Å². The SMILES string of the molecule is COc1cc(CC(C(=O)O)c2ccc3c(c2)CCCC3)ccc1O. The molecule has 4 nitrogen and oxygen atoms in total. The Morgan fingerprint density at radius 2 is 1.88 bits per heavy atom. The van der Waals surface area contributed by atoms with Gasteiger partial charge in [-0.25, -0.2) is 0 Å². The highest BCUT2D eigenvalue weighted by Crippen LogP contribution is 2.31. The molecule has 1 aliphatic rings. The molecule has 0 bridgehead atoms. The number of aromatic hydroxyl groups is 1. The van der Waals surface area contributed by atoms with Crippen molar-refractivity contribution in [1.82, 2.24) is 0 Å². The zero-order chi connectivity index (χ0) is 17.1. The Labute approximate surface area is 141 Å². The first-order valence-corrected chi connectivity index (χ1v) is 8.29. The third-order valence-electron chi connectivity index (χ3n) is 4.76. The lowest BCUT2D eigenvalue weighted by molar-refractivity contribution is -0.138. The fourth-order valence-electron chi connectivity index (χ4n) is 3.40. The van der Waals surface area contributed by atoms with Crippen LogP contribution in [0.25, 0.3) is 0 Å². The molecule has 1 atom stereocenters. The maximum absolute atomic E-state index is 11.8. The molecule has 0 fully saturated rings. The lowest BCUT2D eigenvalue weighted by Gasteiger charge is -2.19. The van der Waals surface area contributed by atoms with Crippen LogP contribution in [-0.2, 0) is 24.1 Å². The fraction of sp³-hybridized carbons (Fsp3) is 0.350. The summed E-state index contributed by atoms with van der Waals surface area (Å²) in [6, 6.07) is 11.1. The summed E-state index contributed by atoms with van der Waals surface area (Å²) in [4.78, 5) is 11.8. The van der Waals surface area contributed by atoms with Gasteiger partial charge in [-0.3, -0.25) is 4.79 Å². The van der Waals surface area contributed by atoms with Crippen molar-refractivity contribution in [3.8, 4) is 11.5 Å². The Hall–Kier alpha value is -2.49. The second-order valence-corrected chi connectivity index (χ2v) is 6.34. The molecule has 2 N–H and O–H groups in total. The van der Waals surface area contributed by atoms with Crippen LogP contribution in [0.15, 0.2) is 36.4 Å². The van der Waals surface area contributed by atoms with Crippen molar-refractivity contribution in [3.05, 3.63) is 58.7 Å². The minimum absolute atomic E-state index is 0.0573. The second-order valence-electron chi connectivity index (χ2n) is 6.34. The number of aliphatic carboxylic acids is 1. The molecule has 2 aromatic carbocycles. The molecular formula is C20H22O4. The van der Waals surface area contributed by atoms with Crippen molar-refractivity contribution >= 4 is 5.97 Å². The summed E-state index contributed by atoms with van der Waals surface area (Å²) in [5, 5.41) is 19.4. The Morgan fingerprint density at radius 3 is 2.58 bits per heavy atom. The number of fused-ring (bicyclic) bond motifs is 1. The van der Waals surface area contributed by atoms with E-state index in [-0.39, 0.29) is 5.75 Å². The van der Waals surface area contributed by atoms with E-state index in [4.69, 9.17) is 4.74 Å². The van der Waals surface area contributed by atoms with Gasteiger partial charge in [0.05, 0.1) is 13.0 Å². The normalized spacial score (nSPS) is 14.7. The zero-order valence-electron chi connectivity index (χ0n) is 13.8. The fourth-order valence-corrected chi connectivity index (χ4v) is 3.40. The Morgan fingerprint density at radius 1 is 1.12 bits per heavy atom. The van der Waals surface area contributed by atoms with Crippen LogP contribution in [0.5, 0.6) is 11.5 Å². The molecule has 1 unspecified atom stereocenters. The van der Waals surface area contributed by atoms with Crippen molar-refractivity contribution in [3.63, 3.8) is 0 Å². The van der Waals surface area contributed by atoms with Crippen molar-refractivity contribution < 1.29 is 19.7 Å². The van der Waals surface area contributed by atoms with E-state index in [0.717, 1.165) is 24.0 Å². The van der Waals surface area contributed by atoms with E-state index in [9.17, 15) is 15.0 Å². The maximum Gasteiger partial charge on any atom is 0.311 e. The first kappa shape index (κ1) is 16.4. The monoisotopic (exact) mass is 326 g/mol. The molecular weight excluding hydrogens is 304 g/mol. The van der Waals surface area contributed by atoms with Gasteiger partial charge in [0.15, 0.2) is 11.5 Å². The summed E-state index contributed by atoms with van der Waals surface area (Å²) in [7, 11) is 1.48. The summed E-state index contributed by atoms with van der Waals surface area (Å²) in [5.74, 6) is -1.02. The van der Waals surface area contributed by atoms with Gasteiger partial charge in [0.1, 0.15) is 0 Å². The number of benzene rings is 2. The first-order valence-electron chi connectivity index (χ1n) is 8.29. The highest BCUT2D eigenvalue weighted by Gasteiger charge is 2.22. The van der Waals surface area contributed by atoms with Crippen LogP contribution < -0.4 is 4.74 Å². The molecule has 1 aliphatic carbocycles. The highest BCUT2D eigenvalue weighted by atomic mass is 16.5. The summed E-state index contributed by atoms with van der Waals surface area (Å²) in [5.41, 5.74) is 4.30. The predicted molar refractivity (Wildman–Crippen MR) is 91.8 cm³/mol. The number of carboxylic acids is 1. The Bertz CT molecular complexity index is 751. The van der Waals surface area contributed by atoms with Gasteiger partial charge in [0, 0.05) is 0 Å². The van der Waals surface area contributed by atoms with E-state index in [1.54, 1.807) is 18.2 Å². The van der Waals surface area contributed by atoms with Gasteiger partial charge in [-0.2, -0.15) is 0 Å². The number of rotatable bonds is 5. The summed E-state index contributed by atoms with van der Waals surface area (Å²) >= 11 is 0. The van der Waals surface area contributed by atoms with Crippen LogP contribution in [0.3, 0.4) is 0 Å². The number of ether oxygens (including phenoxy) is 1. The molecule has 24 heavy (non-hydrogen) atoms. The maximum atomic E-state index is 11.8. The average Bonchev–Trinajstić information content (AvgIpc) is 2.60. The number of carbonyl (C=O) groups is 1. The molecule has 0 saturated carbocycles. The van der Waals surface area contributed by atoms with Gasteiger partial charge in [-0.1, -0.05) is 24.3 Å². The van der Waals surface area contributed by atoms with Gasteiger partial charge in [0.25, 0.3) is 0 Å². The first-order chi connectivity index (χ1) is 11.6. The van der Waals surface area contributed by atoms with Crippen LogP contribution in [0, 0.1) is 0 Å². The lowest BCUT2D eigenvalue weighted by Crippen LogP contribution is -2.15. The molecule has 0 heterocycles. The predicted octanol–water partition coefficient (Wildman–Crippen LogP) is 3.69. The molecule has 0 saturated heterocycles. The molecule has 3 rings (SSSR count). The van der Waals surface area contributed by atoms with Crippen LogP contribution >= 0.6 is 0 Å². The van der Waals surface area contributed by atoms with Gasteiger partial charge in [-0.05, 0) is 66.5 Å². The largest absolute Gasteiger partial charge is 0.504 e. The number of phenolic OH excluding ortho intramolecular Hbond substituents is 1. The molecule has 0 amide bonds. The second kappa shape index (κ2) is 6.95. The van der Waals surface area contributed by atoms with Crippen molar-refractivity contribution in [2.45, 2.75) is 38.0 Å². The molecule has 0 radical (unpaired) electrons. The van der Waals surface area contributed by atoms with E-state index < -0.39 is 11.9 Å². The van der Waals surface area contributed by atoms with E-state index in [2.05, 4.69) is 12.1 Å². The highest BCUT2D eigenvalue weighted by molar-refractivity contribution is 5.76. The number of methoxy groups -OCH3 is 1. The molecule has 0 aromatic heterocycles. The zero-order valence-corrected chi connectivity index (χ0v) is 13.8. The third-order valence-corrected chi connectivity index (χ3v) is 4.76. The van der Waals surface area contributed by atoms with Crippen LogP contribution in [0.4, 0.5) is 0 Å². The lowest BCUT2D eigenvalue weighted by atomic mass is 9.85. The summed E-state index contributed by atoms with van der Waals surface area (Å²) in [6.45, 7) is 0. The minimum atomic E-state index is -0.835. The standard InChI is InChI=1S/C20H22O4/c1-24-19-11-13(6-9-18(19)21)10-17(20(22)23)16-8-7-14-4-2-3-5-15(14)12-16/h6-9,11-12,17,21H,2-5,10H2,1H3,(H,22,23). The van der Waals surface area contributed by atoms with Crippen molar-refractivity contribution in [1.29, 1.82) is 0 Å². The number of carboxylic acid groups (broad SMARTS) is 1. The quantitative estimate of drug-likeness (QED) is 0.879. The van der Waals surface area contributed by atoms with Gasteiger partial charge in [-0.15, -0.1) is 0 Å². The van der Waals surface area contributed by atoms with E-state index >= 15 is 0 Å². The van der Waals surface area contributed by atoms with Gasteiger partial charge < -0.3 is 14.9 Å². The van der Waals surface area contributed by atoms with Gasteiger partial charge in [0.2, 0.25) is 0 Å².